The number of carboxylic acids is 1. The van der Waals surface area contributed by atoms with Crippen molar-refractivity contribution in [2.45, 2.75) is 43.7 Å². The Labute approximate surface area is 171 Å². The van der Waals surface area contributed by atoms with Crippen LogP contribution in [0.3, 0.4) is 0 Å². The van der Waals surface area contributed by atoms with Crippen LogP contribution in [0.15, 0.2) is 60.7 Å². The molecule has 5 nitrogen and oxygen atoms in total. The molecule has 0 aromatic heterocycles. The SMILES string of the molecule is O=C(O)[C@@H]1C[C@H](N2CCCCC2)CN1C(=O)C(c1ccccc1)c1ccccc1. The molecule has 0 radical (unpaired) electrons. The second-order valence-electron chi connectivity index (χ2n) is 8.09. The molecule has 0 saturated carbocycles. The van der Waals surface area contributed by atoms with Gasteiger partial charge in [-0.3, -0.25) is 9.69 Å². The van der Waals surface area contributed by atoms with Gasteiger partial charge in [-0.2, -0.15) is 0 Å². The number of hydrogen-bond acceptors (Lipinski definition) is 3. The van der Waals surface area contributed by atoms with E-state index in [4.69, 9.17) is 0 Å². The van der Waals surface area contributed by atoms with Crippen molar-refractivity contribution in [3.63, 3.8) is 0 Å². The number of hydrogen-bond donors (Lipinski definition) is 1. The van der Waals surface area contributed by atoms with Crippen molar-refractivity contribution in [1.82, 2.24) is 9.80 Å². The van der Waals surface area contributed by atoms with Gasteiger partial charge in [0.2, 0.25) is 5.91 Å². The summed E-state index contributed by atoms with van der Waals surface area (Å²) < 4.78 is 0. The minimum Gasteiger partial charge on any atom is -0.480 e. The third kappa shape index (κ3) is 4.20. The van der Waals surface area contributed by atoms with Gasteiger partial charge in [0.15, 0.2) is 0 Å². The molecule has 1 amide bonds. The number of piperidine rings is 1. The van der Waals surface area contributed by atoms with E-state index in [2.05, 4.69) is 4.90 Å². The fraction of sp³-hybridized carbons (Fsp3) is 0.417. The van der Waals surface area contributed by atoms with Crippen LogP contribution in [0.25, 0.3) is 0 Å². The number of benzene rings is 2. The number of carbonyl (C=O) groups is 2. The van der Waals surface area contributed by atoms with Gasteiger partial charge in [-0.05, 0) is 43.5 Å². The number of nitrogens with zero attached hydrogens (tertiary/aromatic N) is 2. The Morgan fingerprint density at radius 3 is 1.93 bits per heavy atom. The van der Waals surface area contributed by atoms with E-state index in [9.17, 15) is 14.7 Å². The molecule has 0 bridgehead atoms. The Balaban J connectivity index is 1.64. The molecule has 2 aliphatic heterocycles. The first-order chi connectivity index (χ1) is 14.1. The lowest BCUT2D eigenvalue weighted by atomic mass is 9.90. The first-order valence-electron chi connectivity index (χ1n) is 10.5. The summed E-state index contributed by atoms with van der Waals surface area (Å²) in [5.74, 6) is -1.51. The van der Waals surface area contributed by atoms with Gasteiger partial charge in [-0.15, -0.1) is 0 Å². The molecule has 2 saturated heterocycles. The molecule has 1 N–H and O–H groups in total. The summed E-state index contributed by atoms with van der Waals surface area (Å²) in [6.45, 7) is 2.49. The summed E-state index contributed by atoms with van der Waals surface area (Å²) in [5.41, 5.74) is 1.79. The standard InChI is InChI=1S/C24H28N2O3/c27-23(22(18-10-4-1-5-11-18)19-12-6-2-7-13-19)26-17-20(16-21(26)24(28)29)25-14-8-3-9-15-25/h1-2,4-7,10-13,20-22H,3,8-9,14-17H2,(H,28,29)/t20-,21-/m0/s1. The average molecular weight is 392 g/mol. The summed E-state index contributed by atoms with van der Waals surface area (Å²) in [6.07, 6.45) is 4.05. The van der Waals surface area contributed by atoms with Gasteiger partial charge < -0.3 is 10.0 Å². The zero-order chi connectivity index (χ0) is 20.2. The van der Waals surface area contributed by atoms with E-state index in [1.165, 1.54) is 6.42 Å². The quantitative estimate of drug-likeness (QED) is 0.848. The van der Waals surface area contributed by atoms with Crippen LogP contribution in [0.1, 0.15) is 42.7 Å². The largest absolute Gasteiger partial charge is 0.480 e. The maximum atomic E-state index is 13.7. The van der Waals surface area contributed by atoms with Crippen LogP contribution >= 0.6 is 0 Å². The predicted molar refractivity (Wildman–Crippen MR) is 112 cm³/mol. The predicted octanol–water partition coefficient (Wildman–Crippen LogP) is 3.36. The van der Waals surface area contributed by atoms with Gasteiger partial charge in [0.1, 0.15) is 6.04 Å². The molecule has 2 aromatic rings. The summed E-state index contributed by atoms with van der Waals surface area (Å²) in [5, 5.41) is 9.86. The summed E-state index contributed by atoms with van der Waals surface area (Å²) >= 11 is 0. The van der Waals surface area contributed by atoms with Crippen molar-refractivity contribution in [2.24, 2.45) is 0 Å². The number of carbonyl (C=O) groups excluding carboxylic acids is 1. The molecule has 2 heterocycles. The van der Waals surface area contributed by atoms with Crippen LogP contribution in [-0.4, -0.2) is 58.5 Å². The molecule has 2 atom stereocenters. The van der Waals surface area contributed by atoms with E-state index in [1.54, 1.807) is 4.90 Å². The molecule has 2 aliphatic rings. The Kier molecular flexibility index (Phi) is 5.95. The number of carboxylic acid groups (broad SMARTS) is 1. The highest BCUT2D eigenvalue weighted by atomic mass is 16.4. The first kappa shape index (κ1) is 19.6. The van der Waals surface area contributed by atoms with Gasteiger partial charge in [0.25, 0.3) is 0 Å². The molecule has 5 heteroatoms. The minimum atomic E-state index is -0.905. The number of aliphatic carboxylic acids is 1. The van der Waals surface area contributed by atoms with Crippen molar-refractivity contribution >= 4 is 11.9 Å². The van der Waals surface area contributed by atoms with Crippen LogP contribution in [0.2, 0.25) is 0 Å². The highest BCUT2D eigenvalue weighted by molar-refractivity contribution is 5.91. The Morgan fingerprint density at radius 1 is 0.862 bits per heavy atom. The van der Waals surface area contributed by atoms with Gasteiger partial charge in [-0.25, -0.2) is 4.79 Å². The monoisotopic (exact) mass is 392 g/mol. The van der Waals surface area contributed by atoms with Gasteiger partial charge in [0.05, 0.1) is 5.92 Å². The lowest BCUT2D eigenvalue weighted by molar-refractivity contribution is -0.148. The average Bonchev–Trinajstić information content (AvgIpc) is 3.22. The van der Waals surface area contributed by atoms with Crippen LogP contribution < -0.4 is 0 Å². The van der Waals surface area contributed by atoms with Crippen molar-refractivity contribution < 1.29 is 14.7 Å². The Hall–Kier alpha value is -2.66. The fourth-order valence-corrected chi connectivity index (χ4v) is 4.77. The number of rotatable bonds is 5. The summed E-state index contributed by atoms with van der Waals surface area (Å²) in [4.78, 5) is 29.8. The highest BCUT2D eigenvalue weighted by Crippen LogP contribution is 2.32. The van der Waals surface area contributed by atoms with E-state index >= 15 is 0 Å². The topological polar surface area (TPSA) is 60.9 Å². The Bertz CT molecular complexity index is 794. The molecule has 4 rings (SSSR count). The highest BCUT2D eigenvalue weighted by Gasteiger charge is 2.44. The van der Waals surface area contributed by atoms with Crippen LogP contribution in [0, 0.1) is 0 Å². The third-order valence-corrected chi connectivity index (χ3v) is 6.27. The van der Waals surface area contributed by atoms with Crippen molar-refractivity contribution in [2.75, 3.05) is 19.6 Å². The van der Waals surface area contributed by atoms with Gasteiger partial charge >= 0.3 is 5.97 Å². The molecule has 2 fully saturated rings. The van der Waals surface area contributed by atoms with Gasteiger partial charge in [0, 0.05) is 12.6 Å². The first-order valence-corrected chi connectivity index (χ1v) is 10.5. The summed E-state index contributed by atoms with van der Waals surface area (Å²) in [6, 6.07) is 18.7. The molecule has 29 heavy (non-hydrogen) atoms. The van der Waals surface area contributed by atoms with Crippen LogP contribution in [-0.2, 0) is 9.59 Å². The lowest BCUT2D eigenvalue weighted by Gasteiger charge is -2.32. The normalized spacial score (nSPS) is 22.7. The van der Waals surface area contributed by atoms with Gasteiger partial charge in [-0.1, -0.05) is 67.1 Å². The fourth-order valence-electron chi connectivity index (χ4n) is 4.77. The number of amides is 1. The van der Waals surface area contributed by atoms with Crippen molar-refractivity contribution in [3.8, 4) is 0 Å². The van der Waals surface area contributed by atoms with E-state index in [0.717, 1.165) is 37.1 Å². The van der Waals surface area contributed by atoms with E-state index in [1.807, 2.05) is 60.7 Å². The van der Waals surface area contributed by atoms with E-state index < -0.39 is 17.9 Å². The van der Waals surface area contributed by atoms with Crippen LogP contribution in [0.5, 0.6) is 0 Å². The Morgan fingerprint density at radius 2 is 1.41 bits per heavy atom. The molecule has 0 aliphatic carbocycles. The van der Waals surface area contributed by atoms with Crippen LogP contribution in [0.4, 0.5) is 0 Å². The third-order valence-electron chi connectivity index (χ3n) is 6.27. The minimum absolute atomic E-state index is 0.116. The second kappa shape index (κ2) is 8.78. The molecule has 0 spiro atoms. The second-order valence-corrected chi connectivity index (χ2v) is 8.09. The van der Waals surface area contributed by atoms with E-state index in [-0.39, 0.29) is 11.9 Å². The summed E-state index contributed by atoms with van der Waals surface area (Å²) in [7, 11) is 0. The molecular formula is C24H28N2O3. The molecular weight excluding hydrogens is 364 g/mol. The van der Waals surface area contributed by atoms with Crippen molar-refractivity contribution in [1.29, 1.82) is 0 Å². The zero-order valence-corrected chi connectivity index (χ0v) is 16.6. The smallest absolute Gasteiger partial charge is 0.326 e. The maximum Gasteiger partial charge on any atom is 0.326 e. The zero-order valence-electron chi connectivity index (χ0n) is 16.6. The molecule has 2 aromatic carbocycles. The molecule has 152 valence electrons. The van der Waals surface area contributed by atoms with Crippen molar-refractivity contribution in [3.05, 3.63) is 71.8 Å². The number of likely N-dealkylation sites (tertiary alicyclic amines) is 2. The van der Waals surface area contributed by atoms with E-state index in [0.29, 0.717) is 13.0 Å². The molecule has 0 unspecified atom stereocenters. The maximum absolute atomic E-state index is 13.7. The lowest BCUT2D eigenvalue weighted by Crippen LogP contribution is -2.44.